The second-order valence-corrected chi connectivity index (χ2v) is 7.10. The molecule has 28 heavy (non-hydrogen) atoms. The quantitative estimate of drug-likeness (QED) is 0.580. The van der Waals surface area contributed by atoms with Crippen LogP contribution in [0.2, 0.25) is 0 Å². The highest BCUT2D eigenvalue weighted by Crippen LogP contribution is 2.29. The minimum atomic E-state index is -4.04. The third-order valence-corrected chi connectivity index (χ3v) is 4.94. The summed E-state index contributed by atoms with van der Waals surface area (Å²) in [6.45, 7) is -3.17. The number of aromatic amines is 1. The number of aromatic nitrogens is 3. The van der Waals surface area contributed by atoms with Crippen LogP contribution in [-0.4, -0.2) is 44.2 Å². The summed E-state index contributed by atoms with van der Waals surface area (Å²) in [5, 5.41) is -0.376. The second kappa shape index (κ2) is 7.94. The predicted molar refractivity (Wildman–Crippen MR) is 94.1 cm³/mol. The van der Waals surface area contributed by atoms with E-state index in [0.29, 0.717) is 22.7 Å². The number of ether oxygens (including phenoxy) is 3. The van der Waals surface area contributed by atoms with Gasteiger partial charge < -0.3 is 19.2 Å². The molecule has 0 fully saturated rings. The smallest absolute Gasteiger partial charge is 0.387 e. The number of halogens is 2. The third kappa shape index (κ3) is 4.12. The molecular weight excluding hydrogens is 398 g/mol. The normalized spacial score (nSPS) is 11.8. The van der Waals surface area contributed by atoms with E-state index in [4.69, 9.17) is 9.47 Å². The molecule has 0 saturated carbocycles. The SMILES string of the molecule is COc1ccnc(CNS(=O)(=O)c2nc3cc(OC(F)F)ccc3[nH]2)c1OC. The zero-order chi connectivity index (χ0) is 20.3. The van der Waals surface area contributed by atoms with Crippen molar-refractivity contribution in [2.24, 2.45) is 0 Å². The van der Waals surface area contributed by atoms with Gasteiger partial charge in [-0.1, -0.05) is 0 Å². The maximum atomic E-state index is 12.5. The standard InChI is InChI=1S/C16H16F2N4O5S/c1-25-13-5-6-19-12(14(13)26-2)8-20-28(23,24)16-21-10-4-3-9(27-15(17)18)7-11(10)22-16/h3-7,15,20H,8H2,1-2H3,(H,21,22). The number of alkyl halides is 2. The van der Waals surface area contributed by atoms with Crippen LogP contribution in [0.5, 0.6) is 17.2 Å². The summed E-state index contributed by atoms with van der Waals surface area (Å²) in [4.78, 5) is 10.6. The lowest BCUT2D eigenvalue weighted by Crippen LogP contribution is -2.25. The second-order valence-electron chi connectivity index (χ2n) is 5.42. The van der Waals surface area contributed by atoms with E-state index in [0.717, 1.165) is 0 Å². The number of nitrogens with one attached hydrogen (secondary N) is 2. The van der Waals surface area contributed by atoms with Gasteiger partial charge in [-0.25, -0.2) is 18.1 Å². The van der Waals surface area contributed by atoms with Crippen molar-refractivity contribution < 1.29 is 31.4 Å². The fraction of sp³-hybridized carbons (Fsp3) is 0.250. The molecule has 150 valence electrons. The zero-order valence-electron chi connectivity index (χ0n) is 14.8. The van der Waals surface area contributed by atoms with E-state index in [-0.39, 0.29) is 23.0 Å². The van der Waals surface area contributed by atoms with Gasteiger partial charge in [0.25, 0.3) is 10.0 Å². The number of H-pyrrole nitrogens is 1. The van der Waals surface area contributed by atoms with Crippen molar-refractivity contribution in [2.45, 2.75) is 18.3 Å². The zero-order valence-corrected chi connectivity index (χ0v) is 15.6. The summed E-state index contributed by atoms with van der Waals surface area (Å²) >= 11 is 0. The molecule has 0 saturated heterocycles. The van der Waals surface area contributed by atoms with Gasteiger partial charge in [0, 0.05) is 18.3 Å². The van der Waals surface area contributed by atoms with E-state index < -0.39 is 16.6 Å². The number of fused-ring (bicyclic) bond motifs is 1. The number of benzene rings is 1. The van der Waals surface area contributed by atoms with Crippen molar-refractivity contribution in [3.05, 3.63) is 36.2 Å². The Bertz CT molecular complexity index is 1090. The van der Waals surface area contributed by atoms with Crippen LogP contribution in [0.4, 0.5) is 8.78 Å². The van der Waals surface area contributed by atoms with Crippen LogP contribution in [0.3, 0.4) is 0 Å². The minimum absolute atomic E-state index is 0.128. The highest BCUT2D eigenvalue weighted by molar-refractivity contribution is 7.89. The van der Waals surface area contributed by atoms with E-state index in [1.165, 1.54) is 38.6 Å². The Kier molecular flexibility index (Phi) is 5.61. The lowest BCUT2D eigenvalue weighted by atomic mass is 10.3. The Hall–Kier alpha value is -2.99. The molecule has 0 spiro atoms. The Morgan fingerprint density at radius 1 is 1.21 bits per heavy atom. The Balaban J connectivity index is 1.83. The van der Waals surface area contributed by atoms with Crippen molar-refractivity contribution in [3.63, 3.8) is 0 Å². The van der Waals surface area contributed by atoms with Gasteiger partial charge in [-0.05, 0) is 12.1 Å². The molecule has 3 rings (SSSR count). The number of rotatable bonds is 8. The summed E-state index contributed by atoms with van der Waals surface area (Å²) in [6, 6.07) is 5.46. The summed E-state index contributed by atoms with van der Waals surface area (Å²) in [7, 11) is -1.18. The Labute approximate surface area is 158 Å². The molecule has 0 atom stereocenters. The van der Waals surface area contributed by atoms with Crippen LogP contribution in [0, 0.1) is 0 Å². The van der Waals surface area contributed by atoms with E-state index in [9.17, 15) is 17.2 Å². The van der Waals surface area contributed by atoms with E-state index in [1.54, 1.807) is 6.07 Å². The number of nitrogens with zero attached hydrogens (tertiary/aromatic N) is 2. The molecule has 0 radical (unpaired) electrons. The molecule has 1 aromatic carbocycles. The van der Waals surface area contributed by atoms with E-state index in [2.05, 4.69) is 24.4 Å². The number of hydrogen-bond donors (Lipinski definition) is 2. The Morgan fingerprint density at radius 3 is 2.68 bits per heavy atom. The molecule has 0 bridgehead atoms. The lowest BCUT2D eigenvalue weighted by molar-refractivity contribution is -0.0497. The molecule has 0 unspecified atom stereocenters. The summed E-state index contributed by atoms with van der Waals surface area (Å²) in [5.74, 6) is 0.573. The maximum absolute atomic E-state index is 12.5. The van der Waals surface area contributed by atoms with Crippen LogP contribution in [0.25, 0.3) is 11.0 Å². The van der Waals surface area contributed by atoms with E-state index in [1.807, 2.05) is 0 Å². The maximum Gasteiger partial charge on any atom is 0.387 e. The molecule has 2 heterocycles. The van der Waals surface area contributed by atoms with Crippen molar-refractivity contribution in [3.8, 4) is 17.2 Å². The van der Waals surface area contributed by atoms with Gasteiger partial charge in [0.05, 0.1) is 31.8 Å². The van der Waals surface area contributed by atoms with Crippen molar-refractivity contribution >= 4 is 21.1 Å². The van der Waals surface area contributed by atoms with Gasteiger partial charge in [0.15, 0.2) is 11.5 Å². The van der Waals surface area contributed by atoms with Crippen molar-refractivity contribution in [1.82, 2.24) is 19.7 Å². The van der Waals surface area contributed by atoms with Crippen molar-refractivity contribution in [2.75, 3.05) is 14.2 Å². The number of hydrogen-bond acceptors (Lipinski definition) is 7. The third-order valence-electron chi connectivity index (χ3n) is 3.71. The molecule has 0 amide bonds. The van der Waals surface area contributed by atoms with Gasteiger partial charge >= 0.3 is 6.61 Å². The Morgan fingerprint density at radius 2 is 2.00 bits per heavy atom. The molecule has 12 heteroatoms. The average Bonchev–Trinajstić information content (AvgIpc) is 3.09. The van der Waals surface area contributed by atoms with Crippen LogP contribution < -0.4 is 18.9 Å². The predicted octanol–water partition coefficient (Wildman–Crippen LogP) is 2.05. The lowest BCUT2D eigenvalue weighted by Gasteiger charge is -2.11. The first-order valence-corrected chi connectivity index (χ1v) is 9.32. The topological polar surface area (TPSA) is 115 Å². The van der Waals surface area contributed by atoms with Gasteiger partial charge in [-0.2, -0.15) is 8.78 Å². The monoisotopic (exact) mass is 414 g/mol. The first-order valence-electron chi connectivity index (χ1n) is 7.84. The molecule has 0 aliphatic rings. The molecular formula is C16H16F2N4O5S. The van der Waals surface area contributed by atoms with E-state index >= 15 is 0 Å². The van der Waals surface area contributed by atoms with Gasteiger partial charge in [0.2, 0.25) is 5.16 Å². The van der Waals surface area contributed by atoms with Crippen LogP contribution in [0.1, 0.15) is 5.69 Å². The molecule has 2 aromatic heterocycles. The van der Waals surface area contributed by atoms with Crippen LogP contribution in [-0.2, 0) is 16.6 Å². The molecule has 3 aromatic rings. The number of imidazole rings is 1. The van der Waals surface area contributed by atoms with Gasteiger partial charge in [-0.15, -0.1) is 0 Å². The molecule has 0 aliphatic carbocycles. The fourth-order valence-electron chi connectivity index (χ4n) is 2.47. The summed E-state index contributed by atoms with van der Waals surface area (Å²) < 4.78 is 66.7. The van der Waals surface area contributed by atoms with Gasteiger partial charge in [-0.3, -0.25) is 4.98 Å². The van der Waals surface area contributed by atoms with Crippen LogP contribution in [0.15, 0.2) is 35.6 Å². The number of pyridine rings is 1. The summed E-state index contributed by atoms with van der Waals surface area (Å²) in [6.07, 6.45) is 1.46. The highest BCUT2D eigenvalue weighted by Gasteiger charge is 2.21. The van der Waals surface area contributed by atoms with Crippen LogP contribution >= 0.6 is 0 Å². The number of sulfonamides is 1. The summed E-state index contributed by atoms with van der Waals surface area (Å²) in [5.41, 5.74) is 0.823. The number of methoxy groups -OCH3 is 2. The first-order chi connectivity index (χ1) is 13.3. The molecule has 9 nitrogen and oxygen atoms in total. The largest absolute Gasteiger partial charge is 0.493 e. The van der Waals surface area contributed by atoms with Crippen molar-refractivity contribution in [1.29, 1.82) is 0 Å². The molecule has 2 N–H and O–H groups in total. The highest BCUT2D eigenvalue weighted by atomic mass is 32.2. The molecule has 0 aliphatic heterocycles. The average molecular weight is 414 g/mol. The first kappa shape index (κ1) is 19.8. The fourth-order valence-corrected chi connectivity index (χ4v) is 3.40. The minimum Gasteiger partial charge on any atom is -0.493 e. The van der Waals surface area contributed by atoms with Gasteiger partial charge in [0.1, 0.15) is 11.4 Å².